The lowest BCUT2D eigenvalue weighted by atomic mass is 9.79. The van der Waals surface area contributed by atoms with E-state index >= 15 is 0 Å². The Labute approximate surface area is 127 Å². The van der Waals surface area contributed by atoms with E-state index in [-0.39, 0.29) is 16.6 Å². The van der Waals surface area contributed by atoms with Gasteiger partial charge in [0.2, 0.25) is 0 Å². The number of benzene rings is 2. The van der Waals surface area contributed by atoms with E-state index in [2.05, 4.69) is 39.8 Å². The van der Waals surface area contributed by atoms with Crippen LogP contribution in [0.3, 0.4) is 0 Å². The lowest BCUT2D eigenvalue weighted by Gasteiger charge is -2.21. The van der Waals surface area contributed by atoms with Crippen LogP contribution in [0.25, 0.3) is 0 Å². The zero-order valence-corrected chi connectivity index (χ0v) is 13.2. The third-order valence-electron chi connectivity index (χ3n) is 5.96. The first-order valence-corrected chi connectivity index (χ1v) is 7.53. The first-order valence-electron chi connectivity index (χ1n) is 7.53. The zero-order valence-electron chi connectivity index (χ0n) is 13.2. The number of carbonyl (C=O) groups is 1. The van der Waals surface area contributed by atoms with E-state index in [4.69, 9.17) is 0 Å². The molecule has 21 heavy (non-hydrogen) atoms. The molecular weight excluding hydrogens is 256 g/mol. The summed E-state index contributed by atoms with van der Waals surface area (Å²) in [6.45, 7) is 8.84. The van der Waals surface area contributed by atoms with E-state index < -0.39 is 5.41 Å². The molecule has 108 valence electrons. The normalized spacial score (nSPS) is 20.8. The van der Waals surface area contributed by atoms with E-state index in [0.29, 0.717) is 0 Å². The Bertz CT molecular complexity index is 651. The molecular formula is C20H22O. The number of Topliss-reactive ketones (excluding diaryl/α,β-unsaturated/α-hetero) is 1. The summed E-state index contributed by atoms with van der Waals surface area (Å²) in [6, 6.07) is 19.9. The maximum atomic E-state index is 13.4. The first kappa shape index (κ1) is 14.1. The summed E-state index contributed by atoms with van der Waals surface area (Å²) in [5.74, 6) is 0.240. The third kappa shape index (κ3) is 1.55. The SMILES string of the molecule is CC1(C)C(C)(C)C1(C(=O)c1ccccc1)c1ccccc1. The molecule has 0 aromatic heterocycles. The van der Waals surface area contributed by atoms with E-state index in [9.17, 15) is 4.79 Å². The maximum Gasteiger partial charge on any atom is 0.174 e. The Morgan fingerprint density at radius 3 is 1.57 bits per heavy atom. The smallest absolute Gasteiger partial charge is 0.174 e. The molecule has 0 heterocycles. The second-order valence-electron chi connectivity index (χ2n) is 7.06. The molecule has 1 heteroatoms. The Morgan fingerprint density at radius 2 is 1.14 bits per heavy atom. The Kier molecular flexibility index (Phi) is 2.88. The molecule has 1 fully saturated rings. The van der Waals surface area contributed by atoms with Crippen LogP contribution in [0.1, 0.15) is 43.6 Å². The van der Waals surface area contributed by atoms with Crippen LogP contribution in [0.4, 0.5) is 0 Å². The molecule has 0 atom stereocenters. The second kappa shape index (κ2) is 4.30. The van der Waals surface area contributed by atoms with Crippen molar-refractivity contribution >= 4 is 5.78 Å². The molecule has 3 rings (SSSR count). The zero-order chi connectivity index (χ0) is 15.3. The molecule has 0 amide bonds. The fourth-order valence-corrected chi connectivity index (χ4v) is 4.23. The summed E-state index contributed by atoms with van der Waals surface area (Å²) in [5, 5.41) is 0. The van der Waals surface area contributed by atoms with Crippen molar-refractivity contribution in [2.45, 2.75) is 33.1 Å². The molecule has 1 aliphatic carbocycles. The van der Waals surface area contributed by atoms with Crippen molar-refractivity contribution in [2.75, 3.05) is 0 Å². The van der Waals surface area contributed by atoms with Gasteiger partial charge in [0.25, 0.3) is 0 Å². The van der Waals surface area contributed by atoms with Gasteiger partial charge < -0.3 is 0 Å². The highest BCUT2D eigenvalue weighted by atomic mass is 16.1. The van der Waals surface area contributed by atoms with Crippen molar-refractivity contribution in [1.82, 2.24) is 0 Å². The van der Waals surface area contributed by atoms with Crippen LogP contribution in [-0.2, 0) is 5.41 Å². The molecule has 1 saturated carbocycles. The predicted molar refractivity (Wildman–Crippen MR) is 86.5 cm³/mol. The molecule has 0 unspecified atom stereocenters. The van der Waals surface area contributed by atoms with Gasteiger partial charge in [0.1, 0.15) is 0 Å². The molecule has 0 bridgehead atoms. The Morgan fingerprint density at radius 1 is 0.714 bits per heavy atom. The quantitative estimate of drug-likeness (QED) is 0.732. The van der Waals surface area contributed by atoms with Crippen molar-refractivity contribution in [1.29, 1.82) is 0 Å². The molecule has 2 aromatic rings. The minimum absolute atomic E-state index is 0.0612. The van der Waals surface area contributed by atoms with Crippen LogP contribution in [-0.4, -0.2) is 5.78 Å². The molecule has 1 aliphatic rings. The molecule has 1 nitrogen and oxygen atoms in total. The molecule has 0 saturated heterocycles. The third-order valence-corrected chi connectivity index (χ3v) is 5.96. The minimum Gasteiger partial charge on any atom is -0.293 e. The average Bonchev–Trinajstić information content (AvgIpc) is 2.86. The first-order chi connectivity index (χ1) is 9.87. The number of rotatable bonds is 3. The lowest BCUT2D eigenvalue weighted by Crippen LogP contribution is -2.28. The van der Waals surface area contributed by atoms with Crippen LogP contribution in [0.5, 0.6) is 0 Å². The molecule has 2 aromatic carbocycles. The molecule has 0 aliphatic heterocycles. The Balaban J connectivity index is 2.20. The monoisotopic (exact) mass is 278 g/mol. The summed E-state index contributed by atoms with van der Waals surface area (Å²) in [6.07, 6.45) is 0. The summed E-state index contributed by atoms with van der Waals surface area (Å²) < 4.78 is 0. The van der Waals surface area contributed by atoms with Crippen LogP contribution in [0, 0.1) is 10.8 Å². The summed E-state index contributed by atoms with van der Waals surface area (Å²) in [4.78, 5) is 13.4. The average molecular weight is 278 g/mol. The minimum atomic E-state index is -0.442. The van der Waals surface area contributed by atoms with E-state index in [1.165, 1.54) is 0 Å². The number of ketones is 1. The fraction of sp³-hybridized carbons (Fsp3) is 0.350. The number of hydrogen-bond acceptors (Lipinski definition) is 1. The van der Waals surface area contributed by atoms with Gasteiger partial charge in [-0.1, -0.05) is 88.4 Å². The maximum absolute atomic E-state index is 13.4. The van der Waals surface area contributed by atoms with Gasteiger partial charge in [0, 0.05) is 5.56 Å². The van der Waals surface area contributed by atoms with E-state index in [0.717, 1.165) is 11.1 Å². The van der Waals surface area contributed by atoms with E-state index in [1.807, 2.05) is 48.5 Å². The van der Waals surface area contributed by atoms with Crippen molar-refractivity contribution in [3.05, 3.63) is 71.8 Å². The van der Waals surface area contributed by atoms with Gasteiger partial charge in [-0.25, -0.2) is 0 Å². The second-order valence-corrected chi connectivity index (χ2v) is 7.06. The highest BCUT2D eigenvalue weighted by Gasteiger charge is 2.80. The highest BCUT2D eigenvalue weighted by molar-refractivity contribution is 6.08. The fourth-order valence-electron chi connectivity index (χ4n) is 4.23. The summed E-state index contributed by atoms with van der Waals surface area (Å²) >= 11 is 0. The van der Waals surface area contributed by atoms with Crippen molar-refractivity contribution in [2.24, 2.45) is 10.8 Å². The largest absolute Gasteiger partial charge is 0.293 e. The van der Waals surface area contributed by atoms with E-state index in [1.54, 1.807) is 0 Å². The molecule has 0 spiro atoms. The summed E-state index contributed by atoms with van der Waals surface area (Å²) in [5.41, 5.74) is 1.37. The highest BCUT2D eigenvalue weighted by Crippen LogP contribution is 2.78. The number of hydrogen-bond donors (Lipinski definition) is 0. The lowest BCUT2D eigenvalue weighted by molar-refractivity contribution is 0.0916. The van der Waals surface area contributed by atoms with Crippen LogP contribution < -0.4 is 0 Å². The van der Waals surface area contributed by atoms with Gasteiger partial charge in [-0.15, -0.1) is 0 Å². The summed E-state index contributed by atoms with van der Waals surface area (Å²) in [7, 11) is 0. The van der Waals surface area contributed by atoms with Crippen molar-refractivity contribution < 1.29 is 4.79 Å². The van der Waals surface area contributed by atoms with Gasteiger partial charge in [0.15, 0.2) is 5.78 Å². The van der Waals surface area contributed by atoms with Gasteiger partial charge in [-0.2, -0.15) is 0 Å². The standard InChI is InChI=1S/C20H22O/c1-18(2)19(3,4)20(18,16-13-9-6-10-14-16)17(21)15-11-7-5-8-12-15/h5-14H,1-4H3. The van der Waals surface area contributed by atoms with Crippen LogP contribution >= 0.6 is 0 Å². The molecule has 0 N–H and O–H groups in total. The topological polar surface area (TPSA) is 17.1 Å². The predicted octanol–water partition coefficient (Wildman–Crippen LogP) is 4.87. The van der Waals surface area contributed by atoms with Crippen molar-refractivity contribution in [3.63, 3.8) is 0 Å². The van der Waals surface area contributed by atoms with Crippen LogP contribution in [0.2, 0.25) is 0 Å². The molecule has 0 radical (unpaired) electrons. The van der Waals surface area contributed by atoms with Gasteiger partial charge in [-0.3, -0.25) is 4.79 Å². The van der Waals surface area contributed by atoms with Gasteiger partial charge in [-0.05, 0) is 16.4 Å². The number of carbonyl (C=O) groups excluding carboxylic acids is 1. The van der Waals surface area contributed by atoms with Gasteiger partial charge >= 0.3 is 0 Å². The Hall–Kier alpha value is -1.89. The van der Waals surface area contributed by atoms with Crippen molar-refractivity contribution in [3.8, 4) is 0 Å². The van der Waals surface area contributed by atoms with Crippen LogP contribution in [0.15, 0.2) is 60.7 Å². The van der Waals surface area contributed by atoms with Gasteiger partial charge in [0.05, 0.1) is 5.41 Å².